The Morgan fingerprint density at radius 2 is 2.19 bits per heavy atom. The molecule has 5 nitrogen and oxygen atoms in total. The number of pyridine rings is 1. The van der Waals surface area contributed by atoms with Gasteiger partial charge in [-0.2, -0.15) is 0 Å². The summed E-state index contributed by atoms with van der Waals surface area (Å²) in [4.78, 5) is 30.7. The van der Waals surface area contributed by atoms with Gasteiger partial charge in [0.2, 0.25) is 5.78 Å². The average molecular weight is 319 g/mol. The Kier molecular flexibility index (Phi) is 3.79. The maximum atomic E-state index is 12.5. The Balaban J connectivity index is 1.83. The van der Waals surface area contributed by atoms with Crippen molar-refractivity contribution in [3.05, 3.63) is 40.2 Å². The molecule has 3 rings (SSSR count). The lowest BCUT2D eigenvalue weighted by atomic mass is 10.1. The molecule has 0 bridgehead atoms. The van der Waals surface area contributed by atoms with E-state index in [1.165, 1.54) is 23.3 Å². The lowest BCUT2D eigenvalue weighted by Gasteiger charge is -2.28. The number of hydrogen-bond acceptors (Lipinski definition) is 6. The number of nitrogens with zero attached hydrogens (tertiary/aromatic N) is 2. The van der Waals surface area contributed by atoms with Crippen LogP contribution in [0.5, 0.6) is 0 Å². The molecule has 1 N–H and O–H groups in total. The van der Waals surface area contributed by atoms with E-state index in [-0.39, 0.29) is 11.7 Å². The first-order chi connectivity index (χ1) is 10.1. The summed E-state index contributed by atoms with van der Waals surface area (Å²) in [5.74, 6) is -0.0540. The number of fused-ring (bicyclic) bond motifs is 1. The van der Waals surface area contributed by atoms with Crippen molar-refractivity contribution >= 4 is 40.8 Å². The fourth-order valence-electron chi connectivity index (χ4n) is 2.14. The molecular formula is C14H13N3O2S2. The van der Waals surface area contributed by atoms with E-state index < -0.39 is 6.04 Å². The number of carbonyl (C=O) groups is 2. The summed E-state index contributed by atoms with van der Waals surface area (Å²) >= 11 is 2.79. The zero-order valence-electron chi connectivity index (χ0n) is 11.5. The highest BCUT2D eigenvalue weighted by Crippen LogP contribution is 2.37. The molecule has 2 aromatic rings. The van der Waals surface area contributed by atoms with Crippen LogP contribution in [0.1, 0.15) is 15.4 Å². The van der Waals surface area contributed by atoms with Gasteiger partial charge in [0.15, 0.2) is 6.04 Å². The molecule has 0 spiro atoms. The van der Waals surface area contributed by atoms with Crippen LogP contribution < -0.4 is 5.32 Å². The molecule has 0 saturated heterocycles. The lowest BCUT2D eigenvalue weighted by molar-refractivity contribution is -0.118. The molecule has 1 aliphatic heterocycles. The number of rotatable bonds is 2. The van der Waals surface area contributed by atoms with Gasteiger partial charge >= 0.3 is 0 Å². The molecule has 7 heteroatoms. The van der Waals surface area contributed by atoms with E-state index in [2.05, 4.69) is 10.3 Å². The van der Waals surface area contributed by atoms with Crippen LogP contribution in [0.15, 0.2) is 34.5 Å². The Morgan fingerprint density at radius 1 is 1.38 bits per heavy atom. The second-order valence-corrected chi connectivity index (χ2v) is 6.79. The standard InChI is InChI=1S/C14H13N3O2S2/c1-8-4-3-5-10(15-8)16-14(19)11-12(18)13-9(6-7-20-13)21-17(11)2/h3-7,11H,1-2H3,(H,15,16,19). The quantitative estimate of drug-likeness (QED) is 0.681. The van der Waals surface area contributed by atoms with Gasteiger partial charge in [0.05, 0.1) is 4.88 Å². The Bertz CT molecular complexity index is 714. The number of aromatic nitrogens is 1. The summed E-state index contributed by atoms with van der Waals surface area (Å²) in [7, 11) is 1.75. The van der Waals surface area contributed by atoms with Crippen LogP contribution in [0.3, 0.4) is 0 Å². The van der Waals surface area contributed by atoms with Crippen molar-refractivity contribution in [2.75, 3.05) is 12.4 Å². The number of ketones is 1. The highest BCUT2D eigenvalue weighted by molar-refractivity contribution is 7.97. The van der Waals surface area contributed by atoms with E-state index in [4.69, 9.17) is 0 Å². The minimum Gasteiger partial charge on any atom is -0.309 e. The third-order valence-corrected chi connectivity index (χ3v) is 5.19. The van der Waals surface area contributed by atoms with E-state index in [1.807, 2.05) is 30.5 Å². The second kappa shape index (κ2) is 5.59. The van der Waals surface area contributed by atoms with E-state index in [0.29, 0.717) is 10.7 Å². The van der Waals surface area contributed by atoms with Gasteiger partial charge in [-0.15, -0.1) is 11.3 Å². The second-order valence-electron chi connectivity index (χ2n) is 4.67. The number of Topliss-reactive ketones (excluding diaryl/α,β-unsaturated/α-hetero) is 1. The summed E-state index contributed by atoms with van der Waals surface area (Å²) in [6, 6.07) is 6.44. The van der Waals surface area contributed by atoms with Crippen molar-refractivity contribution < 1.29 is 9.59 Å². The van der Waals surface area contributed by atoms with Crippen molar-refractivity contribution in [2.45, 2.75) is 17.9 Å². The minimum absolute atomic E-state index is 0.161. The molecule has 2 aromatic heterocycles. The number of thiophene rings is 1. The summed E-state index contributed by atoms with van der Waals surface area (Å²) in [6.07, 6.45) is 0. The molecule has 1 atom stereocenters. The average Bonchev–Trinajstić information content (AvgIpc) is 2.87. The van der Waals surface area contributed by atoms with Crippen LogP contribution in [0.25, 0.3) is 0 Å². The van der Waals surface area contributed by atoms with Crippen molar-refractivity contribution in [3.8, 4) is 0 Å². The van der Waals surface area contributed by atoms with Crippen LogP contribution >= 0.6 is 23.3 Å². The smallest absolute Gasteiger partial charge is 0.251 e. The fraction of sp³-hybridized carbons (Fsp3) is 0.214. The summed E-state index contributed by atoms with van der Waals surface area (Å²) in [5, 5.41) is 4.58. The molecule has 3 heterocycles. The molecule has 1 amide bonds. The first-order valence-corrected chi connectivity index (χ1v) is 7.98. The van der Waals surface area contributed by atoms with Crippen LogP contribution in [0.4, 0.5) is 5.82 Å². The van der Waals surface area contributed by atoms with E-state index in [9.17, 15) is 9.59 Å². The number of amides is 1. The largest absolute Gasteiger partial charge is 0.309 e. The van der Waals surface area contributed by atoms with Gasteiger partial charge < -0.3 is 5.32 Å². The summed E-state index contributed by atoms with van der Waals surface area (Å²) in [6.45, 7) is 1.85. The summed E-state index contributed by atoms with van der Waals surface area (Å²) < 4.78 is 1.68. The molecule has 21 heavy (non-hydrogen) atoms. The highest BCUT2D eigenvalue weighted by atomic mass is 32.2. The van der Waals surface area contributed by atoms with Gasteiger partial charge in [-0.3, -0.25) is 9.59 Å². The predicted molar refractivity (Wildman–Crippen MR) is 83.7 cm³/mol. The maximum absolute atomic E-state index is 12.5. The molecule has 108 valence electrons. The third kappa shape index (κ3) is 2.72. The fourth-order valence-corrected chi connectivity index (χ4v) is 4.15. The van der Waals surface area contributed by atoms with Gasteiger partial charge in [0, 0.05) is 10.6 Å². The monoisotopic (exact) mass is 319 g/mol. The van der Waals surface area contributed by atoms with E-state index in [0.717, 1.165) is 10.6 Å². The Labute approximate surface area is 130 Å². The van der Waals surface area contributed by atoms with Crippen molar-refractivity contribution in [3.63, 3.8) is 0 Å². The van der Waals surface area contributed by atoms with E-state index in [1.54, 1.807) is 17.4 Å². The molecule has 0 aliphatic carbocycles. The van der Waals surface area contributed by atoms with Gasteiger partial charge in [-0.25, -0.2) is 9.29 Å². The third-order valence-electron chi connectivity index (χ3n) is 3.10. The zero-order chi connectivity index (χ0) is 15.0. The first kappa shape index (κ1) is 14.2. The van der Waals surface area contributed by atoms with Gasteiger partial charge in [-0.1, -0.05) is 6.07 Å². The molecule has 0 aromatic carbocycles. The predicted octanol–water partition coefficient (Wildman–Crippen LogP) is 2.59. The number of aryl methyl sites for hydroxylation is 1. The van der Waals surface area contributed by atoms with Crippen LogP contribution in [-0.2, 0) is 4.79 Å². The molecule has 1 unspecified atom stereocenters. The minimum atomic E-state index is -0.830. The molecule has 0 fully saturated rings. The molecule has 1 aliphatic rings. The lowest BCUT2D eigenvalue weighted by Crippen LogP contribution is -2.46. The van der Waals surface area contributed by atoms with E-state index >= 15 is 0 Å². The SMILES string of the molecule is Cc1cccc(NC(=O)C2C(=O)c3sccc3SN2C)n1. The molecule has 0 radical (unpaired) electrons. The topological polar surface area (TPSA) is 62.3 Å². The highest BCUT2D eigenvalue weighted by Gasteiger charge is 2.38. The molecular weight excluding hydrogens is 306 g/mol. The van der Waals surface area contributed by atoms with Crippen molar-refractivity contribution in [2.24, 2.45) is 0 Å². The van der Waals surface area contributed by atoms with Gasteiger partial charge in [0.1, 0.15) is 5.82 Å². The van der Waals surface area contributed by atoms with Crippen LogP contribution in [0.2, 0.25) is 0 Å². The Morgan fingerprint density at radius 3 is 2.95 bits per heavy atom. The zero-order valence-corrected chi connectivity index (χ0v) is 13.1. The van der Waals surface area contributed by atoms with Crippen LogP contribution in [-0.4, -0.2) is 34.1 Å². The van der Waals surface area contributed by atoms with Crippen molar-refractivity contribution in [1.29, 1.82) is 0 Å². The first-order valence-electron chi connectivity index (χ1n) is 6.33. The molecule has 0 saturated carbocycles. The number of carbonyl (C=O) groups excluding carboxylic acids is 2. The normalized spacial score (nSPS) is 18.4. The van der Waals surface area contributed by atoms with Gasteiger partial charge in [0.25, 0.3) is 5.91 Å². The number of nitrogens with one attached hydrogen (secondary N) is 1. The summed E-state index contributed by atoms with van der Waals surface area (Å²) in [5.41, 5.74) is 0.811. The Hall–Kier alpha value is -1.70. The van der Waals surface area contributed by atoms with Crippen molar-refractivity contribution in [1.82, 2.24) is 9.29 Å². The maximum Gasteiger partial charge on any atom is 0.251 e. The van der Waals surface area contributed by atoms with Crippen LogP contribution in [0, 0.1) is 6.92 Å². The van der Waals surface area contributed by atoms with Gasteiger partial charge in [-0.05, 0) is 49.5 Å². The number of anilines is 1. The number of hydrogen-bond donors (Lipinski definition) is 1. The number of likely N-dealkylation sites (N-methyl/N-ethyl adjacent to an activating group) is 1.